The summed E-state index contributed by atoms with van der Waals surface area (Å²) in [5.74, 6) is 2.28. The summed E-state index contributed by atoms with van der Waals surface area (Å²) in [5, 5.41) is 25.5. The highest BCUT2D eigenvalue weighted by atomic mass is 16.6. The zero-order valence-electron chi connectivity index (χ0n) is 17.2. The summed E-state index contributed by atoms with van der Waals surface area (Å²) >= 11 is 0. The smallest absolute Gasteiger partial charge is 0.269 e. The number of hydrogen-bond acceptors (Lipinski definition) is 5. The third kappa shape index (κ3) is 3.06. The lowest BCUT2D eigenvalue weighted by Crippen LogP contribution is -2.42. The second-order valence-electron chi connectivity index (χ2n) is 9.27. The Kier molecular flexibility index (Phi) is 4.53. The second kappa shape index (κ2) is 7.11. The van der Waals surface area contributed by atoms with Crippen LogP contribution in [0.1, 0.15) is 56.1 Å². The number of phenolic OH excluding ortho intramolecular Hbond substituents is 1. The van der Waals surface area contributed by atoms with E-state index in [1.54, 1.807) is 12.1 Å². The predicted molar refractivity (Wildman–Crippen MR) is 117 cm³/mol. The Labute approximate surface area is 176 Å². The largest absolute Gasteiger partial charge is 0.508 e. The van der Waals surface area contributed by atoms with Gasteiger partial charge in [-0.1, -0.05) is 13.0 Å². The van der Waals surface area contributed by atoms with Gasteiger partial charge in [-0.2, -0.15) is 5.10 Å². The van der Waals surface area contributed by atoms with E-state index >= 15 is 0 Å². The summed E-state index contributed by atoms with van der Waals surface area (Å²) in [5.41, 5.74) is 8.13. The van der Waals surface area contributed by atoms with Gasteiger partial charge in [-0.15, -0.1) is 0 Å². The van der Waals surface area contributed by atoms with Gasteiger partial charge in [-0.05, 0) is 91.7 Å². The van der Waals surface area contributed by atoms with Gasteiger partial charge >= 0.3 is 0 Å². The molecule has 0 radical (unpaired) electrons. The number of nitrogens with one attached hydrogen (secondary N) is 1. The van der Waals surface area contributed by atoms with Gasteiger partial charge in [0.2, 0.25) is 0 Å². The normalized spacial score (nSPS) is 31.0. The first kappa shape index (κ1) is 19.1. The summed E-state index contributed by atoms with van der Waals surface area (Å²) in [4.78, 5) is 10.4. The van der Waals surface area contributed by atoms with Crippen LogP contribution in [0.3, 0.4) is 0 Å². The molecule has 156 valence electrons. The van der Waals surface area contributed by atoms with Crippen LogP contribution in [0.25, 0.3) is 0 Å². The number of anilines is 1. The standard InChI is InChI=1S/C24H27N3O3/c1-24-13-12-20-19-9-7-18(28)14-15(19)2-8-21(20)22(24)10-11-23(24)26-25-16-3-5-17(6-4-16)27(29)30/h3-7,9,14,20-22,25,28H,2,8,10-13H2,1H3. The van der Waals surface area contributed by atoms with Gasteiger partial charge in [0.05, 0.1) is 10.6 Å². The summed E-state index contributed by atoms with van der Waals surface area (Å²) in [7, 11) is 0. The Bertz CT molecular complexity index is 1020. The number of benzene rings is 2. The van der Waals surface area contributed by atoms with Gasteiger partial charge in [0, 0.05) is 23.3 Å². The lowest BCUT2D eigenvalue weighted by Gasteiger charge is -2.49. The van der Waals surface area contributed by atoms with Crippen molar-refractivity contribution in [3.63, 3.8) is 0 Å². The van der Waals surface area contributed by atoms with E-state index < -0.39 is 0 Å². The van der Waals surface area contributed by atoms with Crippen LogP contribution in [0.2, 0.25) is 0 Å². The number of non-ortho nitro benzene ring substituents is 1. The molecule has 2 fully saturated rings. The molecule has 4 atom stereocenters. The van der Waals surface area contributed by atoms with Crippen LogP contribution in [-0.4, -0.2) is 15.7 Å². The third-order valence-electron chi connectivity index (χ3n) is 7.85. The molecule has 5 rings (SSSR count). The second-order valence-corrected chi connectivity index (χ2v) is 9.27. The Balaban J connectivity index is 1.35. The summed E-state index contributed by atoms with van der Waals surface area (Å²) < 4.78 is 0. The molecule has 2 saturated carbocycles. The number of aryl methyl sites for hydroxylation is 1. The Hall–Kier alpha value is -2.89. The summed E-state index contributed by atoms with van der Waals surface area (Å²) in [6.07, 6.45) is 6.69. The highest BCUT2D eigenvalue weighted by Crippen LogP contribution is 2.60. The molecule has 6 heteroatoms. The van der Waals surface area contributed by atoms with Crippen LogP contribution >= 0.6 is 0 Å². The number of aromatic hydroxyl groups is 1. The van der Waals surface area contributed by atoms with E-state index in [1.165, 1.54) is 41.8 Å². The van der Waals surface area contributed by atoms with Gasteiger partial charge in [0.25, 0.3) is 5.69 Å². The number of nitrogens with zero attached hydrogens (tertiary/aromatic N) is 2. The molecular formula is C24H27N3O3. The fraction of sp³-hybridized carbons (Fsp3) is 0.458. The van der Waals surface area contributed by atoms with Crippen molar-refractivity contribution in [2.75, 3.05) is 5.43 Å². The van der Waals surface area contributed by atoms with Gasteiger partial charge in [0.1, 0.15) is 5.75 Å². The van der Waals surface area contributed by atoms with Crippen molar-refractivity contribution in [3.8, 4) is 5.75 Å². The van der Waals surface area contributed by atoms with Crippen LogP contribution in [0.4, 0.5) is 11.4 Å². The topological polar surface area (TPSA) is 87.8 Å². The number of nitro benzene ring substituents is 1. The quantitative estimate of drug-likeness (QED) is 0.512. The van der Waals surface area contributed by atoms with E-state index in [0.717, 1.165) is 31.4 Å². The molecule has 0 aromatic heterocycles. The number of hydrazone groups is 1. The third-order valence-corrected chi connectivity index (χ3v) is 7.85. The number of phenols is 1. The highest BCUT2D eigenvalue weighted by molar-refractivity contribution is 5.93. The molecule has 0 heterocycles. The van der Waals surface area contributed by atoms with E-state index in [2.05, 4.69) is 18.4 Å². The number of fused-ring (bicyclic) bond motifs is 5. The van der Waals surface area contributed by atoms with Crippen molar-refractivity contribution >= 4 is 17.1 Å². The van der Waals surface area contributed by atoms with Crippen LogP contribution in [-0.2, 0) is 6.42 Å². The molecule has 6 nitrogen and oxygen atoms in total. The van der Waals surface area contributed by atoms with Crippen molar-refractivity contribution < 1.29 is 10.0 Å². The Morgan fingerprint density at radius 1 is 1.13 bits per heavy atom. The fourth-order valence-corrected chi connectivity index (χ4v) is 6.33. The molecule has 2 N–H and O–H groups in total. The zero-order chi connectivity index (χ0) is 20.9. The number of nitro groups is 1. The van der Waals surface area contributed by atoms with E-state index in [0.29, 0.717) is 23.5 Å². The molecule has 0 bridgehead atoms. The molecule has 0 aliphatic heterocycles. The SMILES string of the molecule is CC12CCC3c4ccc(O)cc4CCC3C1CCC2=NNc1ccc([N+](=O)[O-])cc1. The average Bonchev–Trinajstić information content (AvgIpc) is 3.08. The molecule has 4 unspecified atom stereocenters. The lowest BCUT2D eigenvalue weighted by molar-refractivity contribution is -0.384. The molecule has 0 saturated heterocycles. The number of rotatable bonds is 3. The first-order valence-electron chi connectivity index (χ1n) is 10.8. The van der Waals surface area contributed by atoms with Crippen molar-refractivity contribution in [2.24, 2.45) is 22.4 Å². The maximum atomic E-state index is 10.8. The minimum Gasteiger partial charge on any atom is -0.508 e. The van der Waals surface area contributed by atoms with Crippen molar-refractivity contribution in [1.82, 2.24) is 0 Å². The fourth-order valence-electron chi connectivity index (χ4n) is 6.33. The predicted octanol–water partition coefficient (Wildman–Crippen LogP) is 5.62. The number of hydrogen-bond donors (Lipinski definition) is 2. The molecule has 3 aliphatic rings. The Morgan fingerprint density at radius 2 is 1.93 bits per heavy atom. The van der Waals surface area contributed by atoms with E-state index in [1.807, 2.05) is 12.1 Å². The van der Waals surface area contributed by atoms with Crippen molar-refractivity contribution in [1.29, 1.82) is 0 Å². The summed E-state index contributed by atoms with van der Waals surface area (Å²) in [6.45, 7) is 2.38. The van der Waals surface area contributed by atoms with Gasteiger partial charge in [-0.25, -0.2) is 0 Å². The monoisotopic (exact) mass is 405 g/mol. The zero-order valence-corrected chi connectivity index (χ0v) is 17.2. The van der Waals surface area contributed by atoms with Crippen molar-refractivity contribution in [3.05, 3.63) is 63.7 Å². The van der Waals surface area contributed by atoms with Crippen LogP contribution in [0, 0.1) is 27.4 Å². The first-order chi connectivity index (χ1) is 14.5. The van der Waals surface area contributed by atoms with Gasteiger partial charge in [-0.3, -0.25) is 15.5 Å². The molecule has 30 heavy (non-hydrogen) atoms. The van der Waals surface area contributed by atoms with Gasteiger partial charge < -0.3 is 5.11 Å². The average molecular weight is 405 g/mol. The van der Waals surface area contributed by atoms with Crippen LogP contribution < -0.4 is 5.43 Å². The minimum atomic E-state index is -0.388. The van der Waals surface area contributed by atoms with E-state index in [9.17, 15) is 15.2 Å². The molecule has 2 aromatic rings. The minimum absolute atomic E-state index is 0.0883. The molecule has 0 spiro atoms. The molecule has 0 amide bonds. The van der Waals surface area contributed by atoms with Crippen LogP contribution in [0.5, 0.6) is 5.75 Å². The van der Waals surface area contributed by atoms with Gasteiger partial charge in [0.15, 0.2) is 0 Å². The maximum Gasteiger partial charge on any atom is 0.269 e. The summed E-state index contributed by atoms with van der Waals surface area (Å²) in [6, 6.07) is 12.4. The maximum absolute atomic E-state index is 10.8. The molecule has 3 aliphatic carbocycles. The first-order valence-corrected chi connectivity index (χ1v) is 10.8. The van der Waals surface area contributed by atoms with Crippen molar-refractivity contribution in [2.45, 2.75) is 51.4 Å². The Morgan fingerprint density at radius 3 is 2.70 bits per heavy atom. The van der Waals surface area contributed by atoms with Crippen LogP contribution in [0.15, 0.2) is 47.6 Å². The molecular weight excluding hydrogens is 378 g/mol. The molecule has 2 aromatic carbocycles. The lowest BCUT2D eigenvalue weighted by atomic mass is 9.55. The van der Waals surface area contributed by atoms with E-state index in [-0.39, 0.29) is 16.0 Å². The highest BCUT2D eigenvalue weighted by Gasteiger charge is 2.53. The van der Waals surface area contributed by atoms with E-state index in [4.69, 9.17) is 5.10 Å².